The molecule has 1 fully saturated rings. The molecule has 8 heteroatoms. The summed E-state index contributed by atoms with van der Waals surface area (Å²) < 4.78 is 10.5. The van der Waals surface area contributed by atoms with Crippen LogP contribution in [0.2, 0.25) is 5.28 Å². The van der Waals surface area contributed by atoms with Crippen LogP contribution in [0, 0.1) is 0 Å². The van der Waals surface area contributed by atoms with Gasteiger partial charge in [0.15, 0.2) is 0 Å². The number of aliphatic hydroxyl groups excluding tert-OH is 1. The van der Waals surface area contributed by atoms with Crippen molar-refractivity contribution >= 4 is 17.5 Å². The molecule has 0 saturated carbocycles. The Labute approximate surface area is 116 Å². The Morgan fingerprint density at radius 3 is 2.74 bits per heavy atom. The highest BCUT2D eigenvalue weighted by Crippen LogP contribution is 2.25. The van der Waals surface area contributed by atoms with E-state index in [0.29, 0.717) is 38.6 Å². The molecule has 19 heavy (non-hydrogen) atoms. The van der Waals surface area contributed by atoms with Gasteiger partial charge in [0.1, 0.15) is 0 Å². The molecule has 2 rings (SSSR count). The van der Waals surface area contributed by atoms with Crippen LogP contribution in [0.25, 0.3) is 0 Å². The summed E-state index contributed by atoms with van der Waals surface area (Å²) >= 11 is 5.82. The van der Waals surface area contributed by atoms with Crippen LogP contribution in [0.1, 0.15) is 19.8 Å². The molecule has 0 aliphatic carbocycles. The van der Waals surface area contributed by atoms with Gasteiger partial charge in [0.05, 0.1) is 18.8 Å². The van der Waals surface area contributed by atoms with Crippen molar-refractivity contribution < 1.29 is 14.6 Å². The summed E-state index contributed by atoms with van der Waals surface area (Å²) in [6.07, 6.45) is 1.35. The highest BCUT2D eigenvalue weighted by atomic mass is 35.5. The number of ether oxygens (including phenoxy) is 2. The first kappa shape index (κ1) is 14.2. The maximum Gasteiger partial charge on any atom is 0.322 e. The molecule has 0 radical (unpaired) electrons. The minimum absolute atomic E-state index is 0.0242. The number of nitrogens with zero attached hydrogens (tertiary/aromatic N) is 3. The fourth-order valence-corrected chi connectivity index (χ4v) is 2.06. The first-order valence-electron chi connectivity index (χ1n) is 6.18. The zero-order valence-corrected chi connectivity index (χ0v) is 11.5. The third-order valence-corrected chi connectivity index (χ3v) is 3.16. The molecule has 0 unspecified atom stereocenters. The fraction of sp³-hybridized carbons (Fsp3) is 0.727. The van der Waals surface area contributed by atoms with Gasteiger partial charge in [0, 0.05) is 13.2 Å². The standard InChI is InChI=1S/C11H17ClN4O3/c1-2-19-10-14-8(12)13-9(15-10)16-11(7-17)3-5-18-6-4-11/h17H,2-7H2,1H3,(H,13,14,15,16). The van der Waals surface area contributed by atoms with Gasteiger partial charge in [-0.15, -0.1) is 0 Å². The first-order chi connectivity index (χ1) is 9.17. The maximum atomic E-state index is 9.59. The molecule has 0 atom stereocenters. The third kappa shape index (κ3) is 3.65. The Kier molecular flexibility index (Phi) is 4.73. The van der Waals surface area contributed by atoms with Crippen molar-refractivity contribution in [1.29, 1.82) is 0 Å². The summed E-state index contributed by atoms with van der Waals surface area (Å²) in [7, 11) is 0. The number of hydrogen-bond acceptors (Lipinski definition) is 7. The van der Waals surface area contributed by atoms with E-state index < -0.39 is 5.54 Å². The maximum absolute atomic E-state index is 9.59. The molecule has 1 aliphatic heterocycles. The Morgan fingerprint density at radius 1 is 1.37 bits per heavy atom. The van der Waals surface area contributed by atoms with Crippen molar-refractivity contribution in [2.24, 2.45) is 0 Å². The summed E-state index contributed by atoms with van der Waals surface area (Å²) in [6, 6.07) is 0.171. The minimum Gasteiger partial charge on any atom is -0.464 e. The fourth-order valence-electron chi connectivity index (χ4n) is 1.90. The normalized spacial score (nSPS) is 18.1. The predicted molar refractivity (Wildman–Crippen MR) is 69.5 cm³/mol. The van der Waals surface area contributed by atoms with Crippen molar-refractivity contribution in [2.75, 3.05) is 31.7 Å². The number of aliphatic hydroxyl groups is 1. The van der Waals surface area contributed by atoms with Gasteiger partial charge in [-0.3, -0.25) is 0 Å². The van der Waals surface area contributed by atoms with Crippen molar-refractivity contribution in [3.05, 3.63) is 5.28 Å². The summed E-state index contributed by atoms with van der Waals surface area (Å²) in [5.74, 6) is 0.305. The second-order valence-electron chi connectivity index (χ2n) is 4.32. The Balaban J connectivity index is 2.16. The van der Waals surface area contributed by atoms with Gasteiger partial charge < -0.3 is 19.9 Å². The van der Waals surface area contributed by atoms with Gasteiger partial charge in [0.2, 0.25) is 11.2 Å². The zero-order chi connectivity index (χ0) is 13.7. The van der Waals surface area contributed by atoms with Crippen molar-refractivity contribution in [3.8, 4) is 6.01 Å². The topological polar surface area (TPSA) is 89.4 Å². The number of anilines is 1. The average molecular weight is 289 g/mol. The summed E-state index contributed by atoms with van der Waals surface area (Å²) in [6.45, 7) is 3.43. The lowest BCUT2D eigenvalue weighted by molar-refractivity contribution is 0.0376. The molecule has 1 aromatic rings. The molecule has 0 aromatic carbocycles. The van der Waals surface area contributed by atoms with Gasteiger partial charge in [-0.1, -0.05) is 0 Å². The Hall–Kier alpha value is -1.18. The van der Waals surface area contributed by atoms with E-state index in [2.05, 4.69) is 20.3 Å². The lowest BCUT2D eigenvalue weighted by Gasteiger charge is -2.36. The lowest BCUT2D eigenvalue weighted by atomic mass is 9.91. The van der Waals surface area contributed by atoms with Crippen LogP contribution < -0.4 is 10.1 Å². The van der Waals surface area contributed by atoms with Crippen LogP contribution in [0.5, 0.6) is 6.01 Å². The van der Waals surface area contributed by atoms with Crippen molar-refractivity contribution in [2.45, 2.75) is 25.3 Å². The molecule has 2 N–H and O–H groups in total. The van der Waals surface area contributed by atoms with Gasteiger partial charge in [-0.05, 0) is 31.4 Å². The summed E-state index contributed by atoms with van der Waals surface area (Å²) in [5.41, 5.74) is -0.480. The first-order valence-corrected chi connectivity index (χ1v) is 6.56. The largest absolute Gasteiger partial charge is 0.464 e. The molecule has 2 heterocycles. The van der Waals surface area contributed by atoms with E-state index in [1.54, 1.807) is 0 Å². The van der Waals surface area contributed by atoms with Gasteiger partial charge in [-0.2, -0.15) is 15.0 Å². The molecule has 1 aliphatic rings. The lowest BCUT2D eigenvalue weighted by Crippen LogP contribution is -2.47. The van der Waals surface area contributed by atoms with Crippen LogP contribution in [0.4, 0.5) is 5.95 Å². The quantitative estimate of drug-likeness (QED) is 0.831. The zero-order valence-electron chi connectivity index (χ0n) is 10.7. The van der Waals surface area contributed by atoms with Crippen LogP contribution in [0.3, 0.4) is 0 Å². The molecule has 7 nitrogen and oxygen atoms in total. The predicted octanol–water partition coefficient (Wildman–Crippen LogP) is 0.877. The van der Waals surface area contributed by atoms with E-state index in [1.807, 2.05) is 6.92 Å². The average Bonchev–Trinajstić information content (AvgIpc) is 2.39. The number of halogens is 1. The number of nitrogens with one attached hydrogen (secondary N) is 1. The molecule has 0 amide bonds. The van der Waals surface area contributed by atoms with E-state index in [4.69, 9.17) is 21.1 Å². The molecule has 1 saturated heterocycles. The van der Waals surface area contributed by atoms with E-state index in [1.165, 1.54) is 0 Å². The van der Waals surface area contributed by atoms with Crippen molar-refractivity contribution in [1.82, 2.24) is 15.0 Å². The highest BCUT2D eigenvalue weighted by Gasteiger charge is 2.32. The van der Waals surface area contributed by atoms with Crippen LogP contribution in [0.15, 0.2) is 0 Å². The SMILES string of the molecule is CCOc1nc(Cl)nc(NC2(CO)CCOCC2)n1. The summed E-state index contributed by atoms with van der Waals surface area (Å²) in [5, 5.41) is 12.8. The molecule has 0 bridgehead atoms. The molecular weight excluding hydrogens is 272 g/mol. The number of hydrogen-bond donors (Lipinski definition) is 2. The van der Waals surface area contributed by atoms with E-state index >= 15 is 0 Å². The van der Waals surface area contributed by atoms with E-state index in [-0.39, 0.29) is 17.9 Å². The molecular formula is C11H17ClN4O3. The van der Waals surface area contributed by atoms with Gasteiger partial charge in [-0.25, -0.2) is 0 Å². The molecule has 0 spiro atoms. The minimum atomic E-state index is -0.480. The number of aromatic nitrogens is 3. The van der Waals surface area contributed by atoms with Gasteiger partial charge in [0.25, 0.3) is 0 Å². The number of rotatable bonds is 5. The third-order valence-electron chi connectivity index (χ3n) is 2.99. The summed E-state index contributed by atoms with van der Waals surface area (Å²) in [4.78, 5) is 12.0. The van der Waals surface area contributed by atoms with Crippen molar-refractivity contribution in [3.63, 3.8) is 0 Å². The van der Waals surface area contributed by atoms with Crippen LogP contribution >= 0.6 is 11.6 Å². The van der Waals surface area contributed by atoms with Crippen LogP contribution in [-0.2, 0) is 4.74 Å². The molecule has 106 valence electrons. The Bertz CT molecular complexity index is 426. The smallest absolute Gasteiger partial charge is 0.322 e. The van der Waals surface area contributed by atoms with Crippen LogP contribution in [-0.4, -0.2) is 52.0 Å². The van der Waals surface area contributed by atoms with E-state index in [9.17, 15) is 5.11 Å². The molecule has 1 aromatic heterocycles. The Morgan fingerprint density at radius 2 is 2.11 bits per heavy atom. The van der Waals surface area contributed by atoms with E-state index in [0.717, 1.165) is 0 Å². The second kappa shape index (κ2) is 6.31. The monoisotopic (exact) mass is 288 g/mol. The highest BCUT2D eigenvalue weighted by molar-refractivity contribution is 6.28. The second-order valence-corrected chi connectivity index (χ2v) is 4.66. The van der Waals surface area contributed by atoms with Gasteiger partial charge >= 0.3 is 6.01 Å².